The minimum absolute atomic E-state index is 0.278. The number of benzene rings is 1. The Labute approximate surface area is 126 Å². The largest absolute Gasteiger partial charge is 0.319 e. The second-order valence-electron chi connectivity index (χ2n) is 4.49. The minimum atomic E-state index is -0.278. The van der Waals surface area contributed by atoms with Crippen LogP contribution in [0.25, 0.3) is 11.3 Å². The Morgan fingerprint density at radius 3 is 2.71 bits per heavy atom. The summed E-state index contributed by atoms with van der Waals surface area (Å²) in [5.41, 5.74) is 2.64. The molecule has 0 aliphatic heterocycles. The Bertz CT molecular complexity index is 819. The van der Waals surface area contributed by atoms with Gasteiger partial charge >= 0.3 is 0 Å². The van der Waals surface area contributed by atoms with Crippen molar-refractivity contribution in [3.63, 3.8) is 0 Å². The number of carbonyl (C=O) groups is 1. The van der Waals surface area contributed by atoms with Gasteiger partial charge in [0, 0.05) is 24.8 Å². The molecule has 5 heteroatoms. The van der Waals surface area contributed by atoms with Crippen LogP contribution in [0.4, 0.5) is 0 Å². The van der Waals surface area contributed by atoms with E-state index in [-0.39, 0.29) is 5.91 Å². The fraction of sp³-hybridized carbons (Fsp3) is 0.0625. The second kappa shape index (κ2) is 5.85. The number of hydrogen-bond acceptors (Lipinski definition) is 3. The van der Waals surface area contributed by atoms with Gasteiger partial charge in [0.1, 0.15) is 0 Å². The molecule has 0 bridgehead atoms. The van der Waals surface area contributed by atoms with Crippen molar-refractivity contribution in [2.75, 3.05) is 0 Å². The zero-order valence-corrected chi connectivity index (χ0v) is 12.2. The van der Waals surface area contributed by atoms with E-state index in [0.29, 0.717) is 10.4 Å². The molecule has 0 unspecified atom stereocenters. The van der Waals surface area contributed by atoms with E-state index >= 15 is 0 Å². The van der Waals surface area contributed by atoms with Gasteiger partial charge in [-0.3, -0.25) is 9.78 Å². The number of thiazole rings is 1. The Balaban J connectivity index is 2.00. The molecule has 0 spiro atoms. The van der Waals surface area contributed by atoms with Gasteiger partial charge in [0.2, 0.25) is 0 Å². The van der Waals surface area contributed by atoms with E-state index in [1.807, 2.05) is 47.3 Å². The third-order valence-corrected chi connectivity index (χ3v) is 4.02. The molecule has 0 radical (unpaired) electrons. The van der Waals surface area contributed by atoms with E-state index < -0.39 is 0 Å². The van der Waals surface area contributed by atoms with Crippen molar-refractivity contribution in [1.82, 2.24) is 9.55 Å². The highest BCUT2D eigenvalue weighted by atomic mass is 32.1. The molecule has 0 atom stereocenters. The maximum absolute atomic E-state index is 12.1. The number of hydrogen-bond donors (Lipinski definition) is 0. The van der Waals surface area contributed by atoms with Crippen molar-refractivity contribution in [3.8, 4) is 11.3 Å². The summed E-state index contributed by atoms with van der Waals surface area (Å²) in [5, 5.41) is 2.00. The standard InChI is InChI=1S/C16H13N3OS/c1-19-14(12-6-3-2-4-7-12)11-21-16(19)18-15(20)13-8-5-9-17-10-13/h2-11H,1H3/b18-16+. The summed E-state index contributed by atoms with van der Waals surface area (Å²) in [6, 6.07) is 13.5. The molecule has 0 N–H and O–H groups in total. The second-order valence-corrected chi connectivity index (χ2v) is 5.32. The first-order valence-electron chi connectivity index (χ1n) is 6.45. The van der Waals surface area contributed by atoms with Crippen LogP contribution in [0.5, 0.6) is 0 Å². The van der Waals surface area contributed by atoms with Crippen molar-refractivity contribution in [1.29, 1.82) is 0 Å². The van der Waals surface area contributed by atoms with Gasteiger partial charge in [0.15, 0.2) is 4.80 Å². The quantitative estimate of drug-likeness (QED) is 0.730. The highest BCUT2D eigenvalue weighted by Gasteiger charge is 2.07. The van der Waals surface area contributed by atoms with Crippen LogP contribution >= 0.6 is 11.3 Å². The number of nitrogens with zero attached hydrogens (tertiary/aromatic N) is 3. The smallest absolute Gasteiger partial charge is 0.281 e. The molecule has 0 saturated carbocycles. The molecule has 2 aromatic heterocycles. The monoisotopic (exact) mass is 295 g/mol. The zero-order valence-electron chi connectivity index (χ0n) is 11.4. The molecular formula is C16H13N3OS. The van der Waals surface area contributed by atoms with E-state index in [2.05, 4.69) is 9.98 Å². The predicted octanol–water partition coefficient (Wildman–Crippen LogP) is 2.89. The van der Waals surface area contributed by atoms with Gasteiger partial charge in [-0.2, -0.15) is 4.99 Å². The van der Waals surface area contributed by atoms with Crippen LogP contribution in [-0.2, 0) is 7.05 Å². The van der Waals surface area contributed by atoms with Crippen LogP contribution in [-0.4, -0.2) is 15.5 Å². The predicted molar refractivity (Wildman–Crippen MR) is 82.9 cm³/mol. The Hall–Kier alpha value is -2.53. The highest BCUT2D eigenvalue weighted by Crippen LogP contribution is 2.18. The summed E-state index contributed by atoms with van der Waals surface area (Å²) >= 11 is 1.45. The SMILES string of the molecule is Cn1c(-c2ccccc2)cs/c1=N/C(=O)c1cccnc1. The first kappa shape index (κ1) is 13.5. The van der Waals surface area contributed by atoms with Gasteiger partial charge in [-0.1, -0.05) is 30.3 Å². The third-order valence-electron chi connectivity index (χ3n) is 3.10. The summed E-state index contributed by atoms with van der Waals surface area (Å²) in [5.74, 6) is -0.278. The lowest BCUT2D eigenvalue weighted by Gasteiger charge is -2.01. The van der Waals surface area contributed by atoms with Crippen molar-refractivity contribution in [3.05, 3.63) is 70.6 Å². The first-order valence-corrected chi connectivity index (χ1v) is 7.33. The summed E-state index contributed by atoms with van der Waals surface area (Å²) in [6.07, 6.45) is 3.16. The molecular weight excluding hydrogens is 282 g/mol. The van der Waals surface area contributed by atoms with Crippen molar-refractivity contribution >= 4 is 17.2 Å². The Morgan fingerprint density at radius 2 is 2.00 bits per heavy atom. The van der Waals surface area contributed by atoms with Crippen LogP contribution < -0.4 is 4.80 Å². The molecule has 1 aromatic carbocycles. The number of rotatable bonds is 2. The molecule has 21 heavy (non-hydrogen) atoms. The average molecular weight is 295 g/mol. The van der Waals surface area contributed by atoms with Gasteiger partial charge in [-0.15, -0.1) is 11.3 Å². The minimum Gasteiger partial charge on any atom is -0.319 e. The summed E-state index contributed by atoms with van der Waals surface area (Å²) in [7, 11) is 1.91. The maximum Gasteiger partial charge on any atom is 0.281 e. The molecule has 0 saturated heterocycles. The van der Waals surface area contributed by atoms with Crippen LogP contribution in [0.3, 0.4) is 0 Å². The van der Waals surface area contributed by atoms with Crippen LogP contribution in [0, 0.1) is 0 Å². The molecule has 3 aromatic rings. The molecule has 0 aliphatic rings. The van der Waals surface area contributed by atoms with Crippen LogP contribution in [0.1, 0.15) is 10.4 Å². The molecule has 4 nitrogen and oxygen atoms in total. The van der Waals surface area contributed by atoms with Crippen LogP contribution in [0.15, 0.2) is 65.2 Å². The first-order chi connectivity index (χ1) is 10.3. The molecule has 3 rings (SSSR count). The van der Waals surface area contributed by atoms with Crippen molar-refractivity contribution in [2.45, 2.75) is 0 Å². The molecule has 1 amide bonds. The summed E-state index contributed by atoms with van der Waals surface area (Å²) in [4.78, 5) is 20.9. The average Bonchev–Trinajstić information content (AvgIpc) is 2.90. The normalized spacial score (nSPS) is 11.6. The highest BCUT2D eigenvalue weighted by molar-refractivity contribution is 7.07. The number of aromatic nitrogens is 2. The van der Waals surface area contributed by atoms with Gasteiger partial charge in [-0.25, -0.2) is 0 Å². The van der Waals surface area contributed by atoms with Gasteiger partial charge in [0.05, 0.1) is 11.3 Å². The summed E-state index contributed by atoms with van der Waals surface area (Å²) in [6.45, 7) is 0. The molecule has 0 aliphatic carbocycles. The zero-order chi connectivity index (χ0) is 14.7. The van der Waals surface area contributed by atoms with E-state index in [0.717, 1.165) is 11.3 Å². The Morgan fingerprint density at radius 1 is 1.19 bits per heavy atom. The van der Waals surface area contributed by atoms with Gasteiger partial charge in [-0.05, 0) is 17.7 Å². The van der Waals surface area contributed by atoms with Gasteiger partial charge in [0.25, 0.3) is 5.91 Å². The lowest BCUT2D eigenvalue weighted by molar-refractivity contribution is 0.0997. The summed E-state index contributed by atoms with van der Waals surface area (Å²) < 4.78 is 1.92. The Kier molecular flexibility index (Phi) is 3.75. The molecule has 2 heterocycles. The lowest BCUT2D eigenvalue weighted by atomic mass is 10.2. The van der Waals surface area contributed by atoms with E-state index in [9.17, 15) is 4.79 Å². The number of pyridine rings is 1. The van der Waals surface area contributed by atoms with E-state index in [4.69, 9.17) is 0 Å². The number of amides is 1. The van der Waals surface area contributed by atoms with Crippen LogP contribution in [0.2, 0.25) is 0 Å². The molecule has 104 valence electrons. The third kappa shape index (κ3) is 2.83. The topological polar surface area (TPSA) is 47.2 Å². The number of carbonyl (C=O) groups excluding carboxylic acids is 1. The van der Waals surface area contributed by atoms with Crippen molar-refractivity contribution < 1.29 is 4.79 Å². The van der Waals surface area contributed by atoms with E-state index in [1.54, 1.807) is 18.3 Å². The van der Waals surface area contributed by atoms with Crippen molar-refractivity contribution in [2.24, 2.45) is 12.0 Å². The lowest BCUT2D eigenvalue weighted by Crippen LogP contribution is -2.14. The fourth-order valence-electron chi connectivity index (χ4n) is 1.98. The van der Waals surface area contributed by atoms with Gasteiger partial charge < -0.3 is 4.57 Å². The maximum atomic E-state index is 12.1. The van der Waals surface area contributed by atoms with E-state index in [1.165, 1.54) is 17.5 Å². The molecule has 0 fully saturated rings. The fourth-order valence-corrected chi connectivity index (χ4v) is 2.89.